The smallest absolute Gasteiger partial charge is 0.231 e. The van der Waals surface area contributed by atoms with E-state index in [2.05, 4.69) is 69.0 Å². The summed E-state index contributed by atoms with van der Waals surface area (Å²) < 4.78 is 0. The monoisotopic (exact) mass is 431 g/mol. The van der Waals surface area contributed by atoms with Gasteiger partial charge in [0, 0.05) is 12.2 Å². The molecular formula is C27H33N3O2. The summed E-state index contributed by atoms with van der Waals surface area (Å²) >= 11 is 0. The summed E-state index contributed by atoms with van der Waals surface area (Å²) in [7, 11) is 0. The van der Waals surface area contributed by atoms with Crippen molar-refractivity contribution < 1.29 is 9.59 Å². The van der Waals surface area contributed by atoms with E-state index in [1.165, 1.54) is 22.3 Å². The van der Waals surface area contributed by atoms with E-state index >= 15 is 0 Å². The van der Waals surface area contributed by atoms with Crippen molar-refractivity contribution in [2.45, 2.75) is 33.6 Å². The van der Waals surface area contributed by atoms with Gasteiger partial charge in [0.05, 0.1) is 13.0 Å². The lowest BCUT2D eigenvalue weighted by Crippen LogP contribution is -2.34. The first-order valence-electron chi connectivity index (χ1n) is 10.8. The van der Waals surface area contributed by atoms with E-state index in [1.807, 2.05) is 35.2 Å². The zero-order chi connectivity index (χ0) is 23.5. The molecule has 0 atom stereocenters. The minimum Gasteiger partial charge on any atom is -0.369 e. The number of benzene rings is 3. The molecule has 3 aromatic rings. The van der Waals surface area contributed by atoms with Gasteiger partial charge in [0.25, 0.3) is 0 Å². The Labute approximate surface area is 191 Å². The fourth-order valence-corrected chi connectivity index (χ4v) is 3.15. The number of anilines is 1. The van der Waals surface area contributed by atoms with Crippen molar-refractivity contribution in [3.8, 4) is 0 Å². The second kappa shape index (κ2) is 12.4. The highest BCUT2D eigenvalue weighted by Gasteiger charge is 2.17. The van der Waals surface area contributed by atoms with Crippen LogP contribution in [0.2, 0.25) is 0 Å². The predicted octanol–water partition coefficient (Wildman–Crippen LogP) is 3.86. The molecule has 4 N–H and O–H groups in total. The van der Waals surface area contributed by atoms with Gasteiger partial charge in [0.2, 0.25) is 11.8 Å². The van der Waals surface area contributed by atoms with Crippen LogP contribution >= 0.6 is 0 Å². The van der Waals surface area contributed by atoms with Crippen LogP contribution in [-0.2, 0) is 22.4 Å². The first kappa shape index (κ1) is 24.8. The molecule has 3 aromatic carbocycles. The molecule has 0 spiro atoms. The highest BCUT2D eigenvalue weighted by Crippen LogP contribution is 2.21. The first-order valence-corrected chi connectivity index (χ1v) is 10.8. The van der Waals surface area contributed by atoms with E-state index in [4.69, 9.17) is 5.73 Å². The Bertz CT molecular complexity index is 1010. The summed E-state index contributed by atoms with van der Waals surface area (Å²) in [5.74, 6) is -0.332. The van der Waals surface area contributed by atoms with E-state index in [9.17, 15) is 9.59 Å². The van der Waals surface area contributed by atoms with Gasteiger partial charge in [-0.15, -0.1) is 0 Å². The minimum absolute atomic E-state index is 0.0556. The molecular weight excluding hydrogens is 398 g/mol. The van der Waals surface area contributed by atoms with Crippen molar-refractivity contribution in [1.82, 2.24) is 0 Å². The van der Waals surface area contributed by atoms with Gasteiger partial charge in [-0.1, -0.05) is 66.2 Å². The molecule has 5 nitrogen and oxygen atoms in total. The number of primary amides is 1. The van der Waals surface area contributed by atoms with Gasteiger partial charge in [-0.2, -0.15) is 0 Å². The standard InChI is InChI=1S/C25H27NO.C2H6N2O/c1-19-9-12-22(13-10-19)15-16-26(24-14-11-20(2)21(3)17-24)25(27)18-23-7-5-4-6-8-23;3-1-2(4)5/h4-14,17H,15-16,18H2,1-3H3;1,3H2,(H2,4,5). The molecule has 5 heteroatoms. The van der Waals surface area contributed by atoms with E-state index in [-0.39, 0.29) is 12.5 Å². The maximum absolute atomic E-state index is 13.1. The lowest BCUT2D eigenvalue weighted by atomic mass is 10.1. The van der Waals surface area contributed by atoms with Crippen LogP contribution < -0.4 is 16.4 Å². The van der Waals surface area contributed by atoms with Crippen molar-refractivity contribution in [3.63, 3.8) is 0 Å². The largest absolute Gasteiger partial charge is 0.369 e. The molecule has 0 unspecified atom stereocenters. The Hall–Kier alpha value is -3.44. The molecule has 0 radical (unpaired) electrons. The van der Waals surface area contributed by atoms with Crippen molar-refractivity contribution in [2.24, 2.45) is 11.5 Å². The summed E-state index contributed by atoms with van der Waals surface area (Å²) in [6, 6.07) is 24.8. The molecule has 0 aromatic heterocycles. The van der Waals surface area contributed by atoms with Gasteiger partial charge in [-0.25, -0.2) is 0 Å². The van der Waals surface area contributed by atoms with Gasteiger partial charge < -0.3 is 16.4 Å². The third-order valence-electron chi connectivity index (χ3n) is 5.25. The molecule has 0 aliphatic carbocycles. The molecule has 32 heavy (non-hydrogen) atoms. The Kier molecular flexibility index (Phi) is 9.64. The molecule has 0 saturated heterocycles. The Morgan fingerprint density at radius 1 is 0.812 bits per heavy atom. The number of hydrogen-bond donors (Lipinski definition) is 2. The lowest BCUT2D eigenvalue weighted by molar-refractivity contribution is -0.118. The number of rotatable bonds is 7. The van der Waals surface area contributed by atoms with Gasteiger partial charge >= 0.3 is 0 Å². The molecule has 3 rings (SSSR count). The van der Waals surface area contributed by atoms with Crippen LogP contribution in [0.25, 0.3) is 0 Å². The van der Waals surface area contributed by atoms with Crippen LogP contribution in [0, 0.1) is 20.8 Å². The van der Waals surface area contributed by atoms with Crippen molar-refractivity contribution in [2.75, 3.05) is 18.0 Å². The van der Waals surface area contributed by atoms with Crippen LogP contribution in [0.5, 0.6) is 0 Å². The van der Waals surface area contributed by atoms with Gasteiger partial charge in [-0.05, 0) is 61.6 Å². The Balaban J connectivity index is 0.000000654. The summed E-state index contributed by atoms with van der Waals surface area (Å²) in [5.41, 5.74) is 16.2. The number of carbonyl (C=O) groups is 2. The number of amides is 2. The molecule has 0 saturated carbocycles. The van der Waals surface area contributed by atoms with Gasteiger partial charge in [0.15, 0.2) is 0 Å². The van der Waals surface area contributed by atoms with E-state index < -0.39 is 5.91 Å². The maximum atomic E-state index is 13.1. The fourth-order valence-electron chi connectivity index (χ4n) is 3.15. The number of aryl methyl sites for hydroxylation is 3. The predicted molar refractivity (Wildman–Crippen MR) is 132 cm³/mol. The van der Waals surface area contributed by atoms with E-state index in [0.717, 1.165) is 17.7 Å². The number of hydrogen-bond acceptors (Lipinski definition) is 3. The Morgan fingerprint density at radius 3 is 2.00 bits per heavy atom. The van der Waals surface area contributed by atoms with Crippen LogP contribution in [-0.4, -0.2) is 24.9 Å². The maximum Gasteiger partial charge on any atom is 0.231 e. The zero-order valence-electron chi connectivity index (χ0n) is 19.2. The van der Waals surface area contributed by atoms with Crippen LogP contribution in [0.4, 0.5) is 5.69 Å². The molecule has 0 aliphatic rings. The quantitative estimate of drug-likeness (QED) is 0.595. The zero-order valence-corrected chi connectivity index (χ0v) is 19.2. The summed E-state index contributed by atoms with van der Waals surface area (Å²) in [6.45, 7) is 6.91. The third-order valence-corrected chi connectivity index (χ3v) is 5.25. The van der Waals surface area contributed by atoms with Crippen LogP contribution in [0.15, 0.2) is 72.8 Å². The minimum atomic E-state index is -0.468. The van der Waals surface area contributed by atoms with Crippen LogP contribution in [0.1, 0.15) is 27.8 Å². The van der Waals surface area contributed by atoms with Crippen molar-refractivity contribution in [3.05, 3.63) is 101 Å². The number of carbonyl (C=O) groups excluding carboxylic acids is 2. The second-order valence-corrected chi connectivity index (χ2v) is 7.88. The average Bonchev–Trinajstić information content (AvgIpc) is 2.78. The normalized spacial score (nSPS) is 10.1. The molecule has 0 fully saturated rings. The SMILES string of the molecule is Cc1ccc(CCN(C(=O)Cc2ccccc2)c2ccc(C)c(C)c2)cc1.NCC(N)=O. The van der Waals surface area contributed by atoms with Crippen molar-refractivity contribution in [1.29, 1.82) is 0 Å². The Morgan fingerprint density at radius 2 is 1.44 bits per heavy atom. The number of nitrogens with zero attached hydrogens (tertiary/aromatic N) is 1. The molecule has 0 bridgehead atoms. The summed E-state index contributed by atoms with van der Waals surface area (Å²) in [5, 5.41) is 0. The highest BCUT2D eigenvalue weighted by atomic mass is 16.2. The van der Waals surface area contributed by atoms with E-state index in [0.29, 0.717) is 13.0 Å². The second-order valence-electron chi connectivity index (χ2n) is 7.88. The average molecular weight is 432 g/mol. The van der Waals surface area contributed by atoms with Crippen LogP contribution in [0.3, 0.4) is 0 Å². The molecule has 0 heterocycles. The third kappa shape index (κ3) is 8.00. The summed E-state index contributed by atoms with van der Waals surface area (Å²) in [4.78, 5) is 24.5. The summed E-state index contributed by atoms with van der Waals surface area (Å²) in [6.07, 6.45) is 1.26. The van der Waals surface area contributed by atoms with Crippen molar-refractivity contribution >= 4 is 17.5 Å². The molecule has 2 amide bonds. The fraction of sp³-hybridized carbons (Fsp3) is 0.259. The number of nitrogens with two attached hydrogens (primary N) is 2. The highest BCUT2D eigenvalue weighted by molar-refractivity contribution is 5.95. The molecule has 168 valence electrons. The van der Waals surface area contributed by atoms with Gasteiger partial charge in [-0.3, -0.25) is 9.59 Å². The topological polar surface area (TPSA) is 89.4 Å². The molecule has 0 aliphatic heterocycles. The lowest BCUT2D eigenvalue weighted by Gasteiger charge is -2.24. The van der Waals surface area contributed by atoms with Gasteiger partial charge in [0.1, 0.15) is 0 Å². The van der Waals surface area contributed by atoms with E-state index in [1.54, 1.807) is 0 Å². The first-order chi connectivity index (χ1) is 15.3.